The molecule has 2 aromatic carbocycles. The molecule has 0 spiro atoms. The van der Waals surface area contributed by atoms with Crippen LogP contribution in [-0.4, -0.2) is 34.1 Å². The first-order valence-corrected chi connectivity index (χ1v) is 8.28. The number of ether oxygens (including phenoxy) is 3. The van der Waals surface area contributed by atoms with Crippen LogP contribution in [0.25, 0.3) is 0 Å². The third-order valence-corrected chi connectivity index (χ3v) is 3.91. The zero-order chi connectivity index (χ0) is 21.0. The quantitative estimate of drug-likeness (QED) is 0.443. The summed E-state index contributed by atoms with van der Waals surface area (Å²) in [6.07, 6.45) is 1.17. The Balaban J connectivity index is 1.87. The fraction of sp³-hybridized carbons (Fsp3) is 0.118. The molecule has 3 rings (SSSR count). The fourth-order valence-electron chi connectivity index (χ4n) is 2.27. The molecule has 1 N–H and O–H groups in total. The van der Waals surface area contributed by atoms with Crippen molar-refractivity contribution in [1.82, 2.24) is 15.0 Å². The van der Waals surface area contributed by atoms with Crippen LogP contribution >= 0.6 is 11.6 Å². The number of methoxy groups -OCH3 is 2. The van der Waals surface area contributed by atoms with Crippen LogP contribution in [0.4, 0.5) is 21.7 Å². The molecule has 0 fully saturated rings. The summed E-state index contributed by atoms with van der Waals surface area (Å²) in [5.74, 6) is -0.249. The molecule has 0 aliphatic carbocycles. The van der Waals surface area contributed by atoms with E-state index in [-0.39, 0.29) is 23.4 Å². The number of aromatic nitrogens is 3. The first-order valence-electron chi connectivity index (χ1n) is 7.90. The molecule has 0 aliphatic heterocycles. The lowest BCUT2D eigenvalue weighted by atomic mass is 10.2. The van der Waals surface area contributed by atoms with Gasteiger partial charge in [-0.1, -0.05) is 11.6 Å². The topological polar surface area (TPSA) is 122 Å². The van der Waals surface area contributed by atoms with Crippen molar-refractivity contribution < 1.29 is 23.5 Å². The average molecular weight is 422 g/mol. The van der Waals surface area contributed by atoms with Crippen LogP contribution in [0.15, 0.2) is 36.7 Å². The van der Waals surface area contributed by atoms with Crippen molar-refractivity contribution in [3.05, 3.63) is 57.6 Å². The van der Waals surface area contributed by atoms with Crippen molar-refractivity contribution in [2.75, 3.05) is 19.5 Å². The third kappa shape index (κ3) is 4.58. The molecule has 0 unspecified atom stereocenters. The molecule has 0 radical (unpaired) electrons. The molecule has 0 amide bonds. The Hall–Kier alpha value is -3.73. The van der Waals surface area contributed by atoms with Crippen molar-refractivity contribution in [2.24, 2.45) is 0 Å². The van der Waals surface area contributed by atoms with Gasteiger partial charge in [-0.3, -0.25) is 10.1 Å². The summed E-state index contributed by atoms with van der Waals surface area (Å²) in [5, 5.41) is 14.1. The molecule has 0 atom stereocenters. The Morgan fingerprint density at radius 3 is 2.59 bits per heavy atom. The Labute approximate surface area is 168 Å². The van der Waals surface area contributed by atoms with E-state index in [0.717, 1.165) is 12.1 Å². The van der Waals surface area contributed by atoms with E-state index in [1.807, 2.05) is 0 Å². The van der Waals surface area contributed by atoms with E-state index in [4.69, 9.17) is 25.8 Å². The highest BCUT2D eigenvalue weighted by atomic mass is 35.5. The molecule has 0 saturated carbocycles. The minimum atomic E-state index is -1.03. The summed E-state index contributed by atoms with van der Waals surface area (Å²) in [6.45, 7) is 0. The summed E-state index contributed by atoms with van der Waals surface area (Å²) in [7, 11) is 2.76. The SMILES string of the molecule is COc1cc(Oc2ncnc(Nc3cc([N+](=O)[O-])c(F)cc3OC)n2)ccc1Cl. The fourth-order valence-corrected chi connectivity index (χ4v) is 2.46. The van der Waals surface area contributed by atoms with Crippen LogP contribution in [0.1, 0.15) is 0 Å². The summed E-state index contributed by atoms with van der Waals surface area (Å²) in [5.41, 5.74) is -0.641. The first-order chi connectivity index (χ1) is 13.9. The summed E-state index contributed by atoms with van der Waals surface area (Å²) in [4.78, 5) is 22.0. The van der Waals surface area contributed by atoms with Gasteiger partial charge in [0.25, 0.3) is 0 Å². The zero-order valence-corrected chi connectivity index (χ0v) is 15.8. The minimum Gasteiger partial charge on any atom is -0.495 e. The van der Waals surface area contributed by atoms with Gasteiger partial charge in [-0.15, -0.1) is 0 Å². The lowest BCUT2D eigenvalue weighted by Crippen LogP contribution is -2.03. The highest BCUT2D eigenvalue weighted by Crippen LogP contribution is 2.34. The van der Waals surface area contributed by atoms with Gasteiger partial charge in [0.05, 0.1) is 29.9 Å². The van der Waals surface area contributed by atoms with Crippen LogP contribution in [0.5, 0.6) is 23.3 Å². The van der Waals surface area contributed by atoms with E-state index < -0.39 is 16.4 Å². The molecule has 12 heteroatoms. The Morgan fingerprint density at radius 1 is 1.14 bits per heavy atom. The number of halogens is 2. The van der Waals surface area contributed by atoms with E-state index in [2.05, 4.69) is 20.3 Å². The molecule has 1 heterocycles. The Kier molecular flexibility index (Phi) is 5.88. The van der Waals surface area contributed by atoms with Gasteiger partial charge in [-0.05, 0) is 12.1 Å². The molecule has 0 bridgehead atoms. The molecule has 10 nitrogen and oxygen atoms in total. The number of nitro groups is 1. The van der Waals surface area contributed by atoms with E-state index in [0.29, 0.717) is 16.5 Å². The molecule has 3 aromatic rings. The number of hydrogen-bond acceptors (Lipinski definition) is 9. The van der Waals surface area contributed by atoms with Gasteiger partial charge in [0.1, 0.15) is 23.6 Å². The Bertz CT molecular complexity index is 1070. The molecule has 0 aliphatic rings. The van der Waals surface area contributed by atoms with Gasteiger partial charge in [0.15, 0.2) is 0 Å². The molecule has 1 aromatic heterocycles. The summed E-state index contributed by atoms with van der Waals surface area (Å²) < 4.78 is 29.5. The maximum Gasteiger partial charge on any atom is 0.326 e. The molecule has 29 heavy (non-hydrogen) atoms. The molecule has 150 valence electrons. The maximum atomic E-state index is 13.8. The second-order valence-electron chi connectivity index (χ2n) is 5.38. The highest BCUT2D eigenvalue weighted by molar-refractivity contribution is 6.32. The van der Waals surface area contributed by atoms with Crippen LogP contribution < -0.4 is 19.5 Å². The van der Waals surface area contributed by atoms with Crippen LogP contribution in [0.3, 0.4) is 0 Å². The van der Waals surface area contributed by atoms with E-state index in [1.165, 1.54) is 20.5 Å². The van der Waals surface area contributed by atoms with Crippen molar-refractivity contribution in [2.45, 2.75) is 0 Å². The van der Waals surface area contributed by atoms with Gasteiger partial charge in [0, 0.05) is 18.2 Å². The average Bonchev–Trinajstić information content (AvgIpc) is 2.70. The van der Waals surface area contributed by atoms with Gasteiger partial charge in [-0.2, -0.15) is 14.4 Å². The van der Waals surface area contributed by atoms with E-state index in [9.17, 15) is 14.5 Å². The Morgan fingerprint density at radius 2 is 1.90 bits per heavy atom. The number of anilines is 2. The third-order valence-electron chi connectivity index (χ3n) is 3.59. The number of benzene rings is 2. The van der Waals surface area contributed by atoms with E-state index in [1.54, 1.807) is 18.2 Å². The number of rotatable bonds is 7. The van der Waals surface area contributed by atoms with Crippen molar-refractivity contribution in [3.8, 4) is 23.3 Å². The smallest absolute Gasteiger partial charge is 0.326 e. The van der Waals surface area contributed by atoms with Gasteiger partial charge in [-0.25, -0.2) is 4.98 Å². The lowest BCUT2D eigenvalue weighted by molar-refractivity contribution is -0.387. The van der Waals surface area contributed by atoms with Crippen molar-refractivity contribution in [1.29, 1.82) is 0 Å². The second kappa shape index (κ2) is 8.52. The van der Waals surface area contributed by atoms with Crippen molar-refractivity contribution >= 4 is 28.9 Å². The predicted molar refractivity (Wildman–Crippen MR) is 101 cm³/mol. The largest absolute Gasteiger partial charge is 0.495 e. The van der Waals surface area contributed by atoms with Gasteiger partial charge < -0.3 is 19.5 Å². The first kappa shape index (κ1) is 20.0. The predicted octanol–water partition coefficient (Wildman–Crippen LogP) is 4.13. The number of nitrogens with zero attached hydrogens (tertiary/aromatic N) is 4. The van der Waals surface area contributed by atoms with Gasteiger partial charge >= 0.3 is 11.7 Å². The minimum absolute atomic E-state index is 0.00450. The van der Waals surface area contributed by atoms with E-state index >= 15 is 0 Å². The molecular formula is C17H13ClFN5O5. The molecule has 0 saturated heterocycles. The highest BCUT2D eigenvalue weighted by Gasteiger charge is 2.20. The second-order valence-corrected chi connectivity index (χ2v) is 5.78. The van der Waals surface area contributed by atoms with Crippen molar-refractivity contribution in [3.63, 3.8) is 0 Å². The van der Waals surface area contributed by atoms with Crippen LogP contribution in [-0.2, 0) is 0 Å². The van der Waals surface area contributed by atoms with Crippen LogP contribution in [0, 0.1) is 15.9 Å². The number of nitro benzene ring substituents is 1. The summed E-state index contributed by atoms with van der Waals surface area (Å²) in [6, 6.07) is 6.52. The number of nitrogens with one attached hydrogen (secondary N) is 1. The standard InChI is InChI=1S/C17H13ClFN5O5/c1-27-14-5-9(3-4-10(14)18)29-17-21-8-20-16(23-17)22-12-7-13(24(25)26)11(19)6-15(12)28-2/h3-8H,1-2H3,(H,20,21,22,23). The van der Waals surface area contributed by atoms with Gasteiger partial charge in [0.2, 0.25) is 11.8 Å². The summed E-state index contributed by atoms with van der Waals surface area (Å²) >= 11 is 5.97. The lowest BCUT2D eigenvalue weighted by Gasteiger charge is -2.11. The normalized spacial score (nSPS) is 10.3. The zero-order valence-electron chi connectivity index (χ0n) is 15.1. The monoisotopic (exact) mass is 421 g/mol. The maximum absolute atomic E-state index is 13.8. The molecular weight excluding hydrogens is 409 g/mol. The number of hydrogen-bond donors (Lipinski definition) is 1. The van der Waals surface area contributed by atoms with Crippen LogP contribution in [0.2, 0.25) is 5.02 Å².